The summed E-state index contributed by atoms with van der Waals surface area (Å²) in [6.45, 7) is 5.66. The van der Waals surface area contributed by atoms with Gasteiger partial charge in [-0.1, -0.05) is 29.8 Å². The molecule has 1 aliphatic rings. The molecule has 168 valence electrons. The standard InChI is InChI=1S/C23H24ClN3O3S2/c1-16-7-8-18(15-17(16)2)25-23(28)22-21(9-14-31-22)32(29,30)27-12-10-26(11-13-27)20-6-4-3-5-19(20)24/h3-9,14-15H,10-13H2,1-2H3,(H,25,28). The van der Waals surface area contributed by atoms with Crippen molar-refractivity contribution in [1.82, 2.24) is 4.31 Å². The molecule has 2 aromatic carbocycles. The van der Waals surface area contributed by atoms with E-state index < -0.39 is 15.9 Å². The predicted molar refractivity (Wildman–Crippen MR) is 131 cm³/mol. The first-order chi connectivity index (χ1) is 15.3. The van der Waals surface area contributed by atoms with Crippen LogP contribution in [0.4, 0.5) is 11.4 Å². The molecule has 1 fully saturated rings. The Morgan fingerprint density at radius 2 is 1.72 bits per heavy atom. The molecular formula is C23H24ClN3O3S2. The van der Waals surface area contributed by atoms with Gasteiger partial charge in [0.2, 0.25) is 10.0 Å². The van der Waals surface area contributed by atoms with Crippen LogP contribution < -0.4 is 10.2 Å². The monoisotopic (exact) mass is 489 g/mol. The highest BCUT2D eigenvalue weighted by atomic mass is 35.5. The first-order valence-electron chi connectivity index (χ1n) is 10.2. The molecule has 0 saturated carbocycles. The Morgan fingerprint density at radius 1 is 1.00 bits per heavy atom. The lowest BCUT2D eigenvalue weighted by Gasteiger charge is -2.35. The number of anilines is 2. The molecule has 4 rings (SSSR count). The highest BCUT2D eigenvalue weighted by Crippen LogP contribution is 2.30. The minimum absolute atomic E-state index is 0.0510. The number of carbonyl (C=O) groups is 1. The lowest BCUT2D eigenvalue weighted by Crippen LogP contribution is -2.48. The minimum atomic E-state index is -3.79. The number of rotatable bonds is 5. The van der Waals surface area contributed by atoms with Crippen molar-refractivity contribution in [2.24, 2.45) is 0 Å². The summed E-state index contributed by atoms with van der Waals surface area (Å²) in [4.78, 5) is 15.2. The molecule has 9 heteroatoms. The number of aryl methyl sites for hydroxylation is 2. The number of carbonyl (C=O) groups excluding carboxylic acids is 1. The van der Waals surface area contributed by atoms with Gasteiger partial charge in [-0.15, -0.1) is 11.3 Å². The fourth-order valence-corrected chi connectivity index (χ4v) is 6.66. The van der Waals surface area contributed by atoms with E-state index in [0.29, 0.717) is 36.9 Å². The largest absolute Gasteiger partial charge is 0.368 e. The molecule has 32 heavy (non-hydrogen) atoms. The van der Waals surface area contributed by atoms with E-state index in [0.717, 1.165) is 28.2 Å². The summed E-state index contributed by atoms with van der Waals surface area (Å²) < 4.78 is 28.1. The van der Waals surface area contributed by atoms with Crippen molar-refractivity contribution in [3.63, 3.8) is 0 Å². The Bertz CT molecular complexity index is 1250. The zero-order chi connectivity index (χ0) is 22.9. The van der Waals surface area contributed by atoms with Crippen LogP contribution >= 0.6 is 22.9 Å². The topological polar surface area (TPSA) is 69.7 Å². The van der Waals surface area contributed by atoms with Gasteiger partial charge in [0.25, 0.3) is 5.91 Å². The molecule has 1 N–H and O–H groups in total. The van der Waals surface area contributed by atoms with Crippen LogP contribution in [0.15, 0.2) is 58.8 Å². The van der Waals surface area contributed by atoms with Gasteiger partial charge in [-0.2, -0.15) is 4.31 Å². The number of hydrogen-bond acceptors (Lipinski definition) is 5. The average Bonchev–Trinajstić information content (AvgIpc) is 3.28. The van der Waals surface area contributed by atoms with Crippen molar-refractivity contribution in [3.8, 4) is 0 Å². The van der Waals surface area contributed by atoms with Crippen molar-refractivity contribution in [2.75, 3.05) is 36.4 Å². The molecule has 0 bridgehead atoms. The Balaban J connectivity index is 1.49. The Kier molecular flexibility index (Phi) is 6.57. The van der Waals surface area contributed by atoms with Gasteiger partial charge in [-0.3, -0.25) is 4.79 Å². The van der Waals surface area contributed by atoms with Gasteiger partial charge in [-0.05, 0) is 60.7 Å². The molecule has 1 aromatic heterocycles. The number of para-hydroxylation sites is 1. The molecule has 1 saturated heterocycles. The number of piperazine rings is 1. The third-order valence-electron chi connectivity index (χ3n) is 5.65. The maximum atomic E-state index is 13.3. The fraction of sp³-hybridized carbons (Fsp3) is 0.261. The number of thiophene rings is 1. The van der Waals surface area contributed by atoms with Gasteiger partial charge >= 0.3 is 0 Å². The van der Waals surface area contributed by atoms with Crippen molar-refractivity contribution in [1.29, 1.82) is 0 Å². The number of hydrogen-bond donors (Lipinski definition) is 1. The second-order valence-electron chi connectivity index (χ2n) is 7.71. The minimum Gasteiger partial charge on any atom is -0.368 e. The normalized spacial score (nSPS) is 15.0. The molecule has 1 aliphatic heterocycles. The molecule has 0 atom stereocenters. The molecule has 3 aromatic rings. The number of nitrogens with one attached hydrogen (secondary N) is 1. The SMILES string of the molecule is Cc1ccc(NC(=O)c2sccc2S(=O)(=O)N2CCN(c3ccccc3Cl)CC2)cc1C. The van der Waals surface area contributed by atoms with E-state index in [-0.39, 0.29) is 9.77 Å². The van der Waals surface area contributed by atoms with E-state index in [1.54, 1.807) is 5.38 Å². The Morgan fingerprint density at radius 3 is 2.41 bits per heavy atom. The molecule has 0 unspecified atom stereocenters. The second kappa shape index (κ2) is 9.23. The van der Waals surface area contributed by atoms with Gasteiger partial charge in [0.05, 0.1) is 10.7 Å². The van der Waals surface area contributed by atoms with E-state index in [2.05, 4.69) is 10.2 Å². The first kappa shape index (κ1) is 22.8. The summed E-state index contributed by atoms with van der Waals surface area (Å²) in [7, 11) is -3.79. The first-order valence-corrected chi connectivity index (χ1v) is 12.9. The maximum Gasteiger partial charge on any atom is 0.267 e. The molecule has 6 nitrogen and oxygen atoms in total. The summed E-state index contributed by atoms with van der Waals surface area (Å²) in [5.74, 6) is -0.420. The summed E-state index contributed by atoms with van der Waals surface area (Å²) in [6.07, 6.45) is 0. The highest BCUT2D eigenvalue weighted by molar-refractivity contribution is 7.89. The molecular weight excluding hydrogens is 466 g/mol. The molecule has 1 amide bonds. The van der Waals surface area contributed by atoms with Crippen LogP contribution in [0.1, 0.15) is 20.8 Å². The summed E-state index contributed by atoms with van der Waals surface area (Å²) in [6, 6.07) is 14.7. The highest BCUT2D eigenvalue weighted by Gasteiger charge is 2.33. The van der Waals surface area contributed by atoms with Crippen molar-refractivity contribution in [2.45, 2.75) is 18.7 Å². The molecule has 0 radical (unpaired) electrons. The number of nitrogens with zero attached hydrogens (tertiary/aromatic N) is 2. The van der Waals surface area contributed by atoms with Gasteiger partial charge in [0, 0.05) is 31.9 Å². The number of benzene rings is 2. The van der Waals surface area contributed by atoms with E-state index >= 15 is 0 Å². The van der Waals surface area contributed by atoms with Gasteiger partial charge < -0.3 is 10.2 Å². The fourth-order valence-electron chi connectivity index (χ4n) is 3.69. The Labute approximate surface area is 197 Å². The van der Waals surface area contributed by atoms with E-state index in [1.165, 1.54) is 10.4 Å². The van der Waals surface area contributed by atoms with Crippen LogP contribution in [-0.4, -0.2) is 44.8 Å². The van der Waals surface area contributed by atoms with Crippen molar-refractivity contribution in [3.05, 3.63) is 74.9 Å². The number of amides is 1. The van der Waals surface area contributed by atoms with Crippen molar-refractivity contribution >= 4 is 50.2 Å². The van der Waals surface area contributed by atoms with Crippen LogP contribution in [0.2, 0.25) is 5.02 Å². The predicted octanol–water partition coefficient (Wildman–Crippen LogP) is 4.78. The van der Waals surface area contributed by atoms with E-state index in [4.69, 9.17) is 11.6 Å². The van der Waals surface area contributed by atoms with Gasteiger partial charge in [0.1, 0.15) is 9.77 Å². The Hall–Kier alpha value is -2.39. The van der Waals surface area contributed by atoms with E-state index in [1.807, 2.05) is 56.3 Å². The molecule has 0 aliphatic carbocycles. The van der Waals surface area contributed by atoms with Gasteiger partial charge in [-0.25, -0.2) is 8.42 Å². The molecule has 0 spiro atoms. The third kappa shape index (κ3) is 4.54. The summed E-state index contributed by atoms with van der Waals surface area (Å²) in [5, 5.41) is 5.11. The zero-order valence-corrected chi connectivity index (χ0v) is 20.2. The van der Waals surface area contributed by atoms with Crippen LogP contribution in [0.3, 0.4) is 0 Å². The second-order valence-corrected chi connectivity index (χ2v) is 10.9. The van der Waals surface area contributed by atoms with E-state index in [9.17, 15) is 13.2 Å². The quantitative estimate of drug-likeness (QED) is 0.560. The maximum absolute atomic E-state index is 13.3. The summed E-state index contributed by atoms with van der Waals surface area (Å²) >= 11 is 7.42. The lowest BCUT2D eigenvalue weighted by atomic mass is 10.1. The van der Waals surface area contributed by atoms with Crippen LogP contribution in [0.5, 0.6) is 0 Å². The van der Waals surface area contributed by atoms with Crippen LogP contribution in [-0.2, 0) is 10.0 Å². The van der Waals surface area contributed by atoms with Crippen molar-refractivity contribution < 1.29 is 13.2 Å². The number of sulfonamides is 1. The smallest absolute Gasteiger partial charge is 0.267 e. The lowest BCUT2D eigenvalue weighted by molar-refractivity contribution is 0.102. The van der Waals surface area contributed by atoms with Crippen LogP contribution in [0, 0.1) is 13.8 Å². The zero-order valence-electron chi connectivity index (χ0n) is 17.8. The molecule has 2 heterocycles. The summed E-state index contributed by atoms with van der Waals surface area (Å²) in [5.41, 5.74) is 3.72. The van der Waals surface area contributed by atoms with Crippen LogP contribution in [0.25, 0.3) is 0 Å². The van der Waals surface area contributed by atoms with Gasteiger partial charge in [0.15, 0.2) is 0 Å². The third-order valence-corrected chi connectivity index (χ3v) is 8.95. The number of halogens is 1. The average molecular weight is 490 g/mol.